The van der Waals surface area contributed by atoms with Crippen molar-refractivity contribution >= 4 is 0 Å². The summed E-state index contributed by atoms with van der Waals surface area (Å²) < 4.78 is 5.90. The highest BCUT2D eigenvalue weighted by atomic mass is 16.5. The fourth-order valence-corrected chi connectivity index (χ4v) is 2.63. The zero-order chi connectivity index (χ0) is 16.6. The monoisotopic (exact) mass is 318 g/mol. The molecule has 0 unspecified atom stereocenters. The Hall–Kier alpha value is -2.58. The van der Waals surface area contributed by atoms with E-state index in [0.29, 0.717) is 6.61 Å². The van der Waals surface area contributed by atoms with Crippen LogP contribution in [0.3, 0.4) is 0 Å². The molecule has 0 saturated carbocycles. The Morgan fingerprint density at radius 1 is 0.708 bits per heavy atom. The van der Waals surface area contributed by atoms with E-state index in [2.05, 4.69) is 66.8 Å². The van der Waals surface area contributed by atoms with Crippen LogP contribution >= 0.6 is 0 Å². The maximum atomic E-state index is 5.90. The molecular formula is C22H24NO+. The Labute approximate surface area is 144 Å². The van der Waals surface area contributed by atoms with Gasteiger partial charge in [0.2, 0.25) is 0 Å². The summed E-state index contributed by atoms with van der Waals surface area (Å²) in [5, 5.41) is 2.32. The number of nitrogens with two attached hydrogens (primary N) is 1. The van der Waals surface area contributed by atoms with Gasteiger partial charge in [0.25, 0.3) is 0 Å². The Morgan fingerprint density at radius 2 is 1.42 bits per heavy atom. The number of hydrogen-bond donors (Lipinski definition) is 1. The summed E-state index contributed by atoms with van der Waals surface area (Å²) in [7, 11) is 0. The molecule has 0 atom stereocenters. The molecule has 0 aliphatic heterocycles. The number of rotatable bonds is 7. The number of aryl methyl sites for hydroxylation is 1. The van der Waals surface area contributed by atoms with Gasteiger partial charge in [-0.3, -0.25) is 0 Å². The highest BCUT2D eigenvalue weighted by molar-refractivity contribution is 5.28. The van der Waals surface area contributed by atoms with E-state index in [4.69, 9.17) is 4.74 Å². The Bertz CT molecular complexity index is 750. The van der Waals surface area contributed by atoms with Crippen LogP contribution < -0.4 is 10.1 Å². The lowest BCUT2D eigenvalue weighted by atomic mass is 10.1. The number of benzene rings is 3. The minimum atomic E-state index is 0.609. The van der Waals surface area contributed by atoms with E-state index in [0.717, 1.165) is 18.8 Å². The van der Waals surface area contributed by atoms with Crippen LogP contribution in [0.25, 0.3) is 0 Å². The Balaban J connectivity index is 1.50. The van der Waals surface area contributed by atoms with Crippen molar-refractivity contribution in [2.24, 2.45) is 0 Å². The van der Waals surface area contributed by atoms with Gasteiger partial charge in [-0.05, 0) is 24.6 Å². The molecule has 2 heteroatoms. The summed E-state index contributed by atoms with van der Waals surface area (Å²) >= 11 is 0. The van der Waals surface area contributed by atoms with Crippen LogP contribution in [-0.2, 0) is 19.7 Å². The van der Waals surface area contributed by atoms with Gasteiger partial charge < -0.3 is 10.1 Å². The molecule has 0 bridgehead atoms. The molecule has 122 valence electrons. The van der Waals surface area contributed by atoms with Crippen LogP contribution in [0.15, 0.2) is 78.9 Å². The van der Waals surface area contributed by atoms with Gasteiger partial charge in [-0.1, -0.05) is 72.3 Å². The lowest BCUT2D eigenvalue weighted by Gasteiger charge is -2.08. The lowest BCUT2D eigenvalue weighted by Crippen LogP contribution is -2.80. The highest BCUT2D eigenvalue weighted by Crippen LogP contribution is 2.14. The third kappa shape index (κ3) is 4.97. The molecule has 3 aromatic carbocycles. The summed E-state index contributed by atoms with van der Waals surface area (Å²) in [6.07, 6.45) is 0. The summed E-state index contributed by atoms with van der Waals surface area (Å²) in [6, 6.07) is 27.4. The van der Waals surface area contributed by atoms with E-state index in [9.17, 15) is 0 Å². The second-order valence-electron chi connectivity index (χ2n) is 6.10. The van der Waals surface area contributed by atoms with E-state index in [1.165, 1.54) is 22.3 Å². The SMILES string of the molecule is Cc1ccc(C[NH2+]Cc2cccc(OCc3ccccc3)c2)cc1. The van der Waals surface area contributed by atoms with Crippen molar-refractivity contribution in [3.8, 4) is 5.75 Å². The number of hydrogen-bond acceptors (Lipinski definition) is 1. The quantitative estimate of drug-likeness (QED) is 0.704. The van der Waals surface area contributed by atoms with E-state index in [1.807, 2.05) is 24.3 Å². The van der Waals surface area contributed by atoms with Crippen LogP contribution in [0.4, 0.5) is 0 Å². The fourth-order valence-electron chi connectivity index (χ4n) is 2.63. The number of quaternary nitrogens is 1. The molecule has 0 aliphatic carbocycles. The van der Waals surface area contributed by atoms with E-state index in [-0.39, 0.29) is 0 Å². The first kappa shape index (κ1) is 16.3. The molecule has 0 radical (unpaired) electrons. The van der Waals surface area contributed by atoms with E-state index >= 15 is 0 Å². The topological polar surface area (TPSA) is 25.8 Å². The van der Waals surface area contributed by atoms with E-state index < -0.39 is 0 Å². The molecule has 0 aliphatic rings. The van der Waals surface area contributed by atoms with Crippen LogP contribution in [-0.4, -0.2) is 0 Å². The predicted octanol–water partition coefficient (Wildman–Crippen LogP) is 3.84. The molecule has 3 aromatic rings. The average molecular weight is 318 g/mol. The van der Waals surface area contributed by atoms with Gasteiger partial charge in [0, 0.05) is 11.1 Å². The zero-order valence-corrected chi connectivity index (χ0v) is 14.1. The molecule has 0 amide bonds. The standard InChI is InChI=1S/C22H23NO/c1-18-10-12-19(13-11-18)15-23-16-21-8-5-9-22(14-21)24-17-20-6-3-2-4-7-20/h2-14,23H,15-17H2,1H3/p+1. The smallest absolute Gasteiger partial charge is 0.120 e. The molecule has 0 spiro atoms. The van der Waals surface area contributed by atoms with Gasteiger partial charge in [0.05, 0.1) is 0 Å². The maximum Gasteiger partial charge on any atom is 0.120 e. The first-order chi connectivity index (χ1) is 11.8. The van der Waals surface area contributed by atoms with Crippen molar-refractivity contribution < 1.29 is 10.1 Å². The van der Waals surface area contributed by atoms with Gasteiger partial charge >= 0.3 is 0 Å². The summed E-state index contributed by atoms with van der Waals surface area (Å²) in [5.41, 5.74) is 5.14. The van der Waals surface area contributed by atoms with Crippen LogP contribution in [0.2, 0.25) is 0 Å². The third-order valence-corrected chi connectivity index (χ3v) is 4.03. The van der Waals surface area contributed by atoms with Crippen LogP contribution in [0, 0.1) is 6.92 Å². The second kappa shape index (κ2) is 8.32. The molecule has 2 N–H and O–H groups in total. The molecule has 3 rings (SSSR count). The lowest BCUT2D eigenvalue weighted by molar-refractivity contribution is -0.686. The van der Waals surface area contributed by atoms with Gasteiger partial charge in [0.15, 0.2) is 0 Å². The van der Waals surface area contributed by atoms with Crippen molar-refractivity contribution in [1.82, 2.24) is 0 Å². The fraction of sp³-hybridized carbons (Fsp3) is 0.182. The second-order valence-corrected chi connectivity index (χ2v) is 6.10. The van der Waals surface area contributed by atoms with Crippen LogP contribution in [0.5, 0.6) is 5.75 Å². The van der Waals surface area contributed by atoms with Crippen LogP contribution in [0.1, 0.15) is 22.3 Å². The summed E-state index contributed by atoms with van der Waals surface area (Å²) in [6.45, 7) is 4.68. The first-order valence-electron chi connectivity index (χ1n) is 8.42. The van der Waals surface area contributed by atoms with Crippen molar-refractivity contribution in [2.75, 3.05) is 0 Å². The molecule has 0 fully saturated rings. The zero-order valence-electron chi connectivity index (χ0n) is 14.1. The first-order valence-corrected chi connectivity index (χ1v) is 8.42. The Morgan fingerprint density at radius 3 is 2.21 bits per heavy atom. The van der Waals surface area contributed by atoms with Gasteiger partial charge in [0.1, 0.15) is 25.4 Å². The number of ether oxygens (including phenoxy) is 1. The molecule has 24 heavy (non-hydrogen) atoms. The van der Waals surface area contributed by atoms with Gasteiger partial charge in [-0.2, -0.15) is 0 Å². The van der Waals surface area contributed by atoms with Crippen molar-refractivity contribution in [3.63, 3.8) is 0 Å². The summed E-state index contributed by atoms with van der Waals surface area (Å²) in [5.74, 6) is 0.931. The molecule has 0 aromatic heterocycles. The minimum absolute atomic E-state index is 0.609. The average Bonchev–Trinajstić information content (AvgIpc) is 2.63. The van der Waals surface area contributed by atoms with Gasteiger partial charge in [-0.15, -0.1) is 0 Å². The predicted molar refractivity (Wildman–Crippen MR) is 97.7 cm³/mol. The largest absolute Gasteiger partial charge is 0.489 e. The van der Waals surface area contributed by atoms with Crippen molar-refractivity contribution in [3.05, 3.63) is 101 Å². The molecule has 0 saturated heterocycles. The van der Waals surface area contributed by atoms with Gasteiger partial charge in [-0.25, -0.2) is 0 Å². The maximum absolute atomic E-state index is 5.90. The van der Waals surface area contributed by atoms with E-state index in [1.54, 1.807) is 0 Å². The highest BCUT2D eigenvalue weighted by Gasteiger charge is 2.01. The molecule has 0 heterocycles. The van der Waals surface area contributed by atoms with Crippen molar-refractivity contribution in [2.45, 2.75) is 26.6 Å². The Kier molecular flexibility index (Phi) is 5.65. The summed E-state index contributed by atoms with van der Waals surface area (Å²) in [4.78, 5) is 0. The third-order valence-electron chi connectivity index (χ3n) is 4.03. The minimum Gasteiger partial charge on any atom is -0.489 e. The van der Waals surface area contributed by atoms with Crippen molar-refractivity contribution in [1.29, 1.82) is 0 Å². The molecule has 2 nitrogen and oxygen atoms in total. The molecular weight excluding hydrogens is 294 g/mol. The normalized spacial score (nSPS) is 10.5.